The zero-order valence-electron chi connectivity index (χ0n) is 20.7. The van der Waals surface area contributed by atoms with Crippen LogP contribution in [0.2, 0.25) is 0 Å². The number of carbonyl (C=O) groups excluding carboxylic acids is 4. The molecule has 1 aliphatic rings. The molecule has 0 unspecified atom stereocenters. The van der Waals surface area contributed by atoms with Crippen LogP contribution < -0.4 is 27.0 Å². The first-order valence-corrected chi connectivity index (χ1v) is 12.2. The molecule has 10 heteroatoms. The summed E-state index contributed by atoms with van der Waals surface area (Å²) in [7, 11) is 2.95. The van der Waals surface area contributed by atoms with Gasteiger partial charge in [0.25, 0.3) is 0 Å². The Hall–Kier alpha value is -2.98. The molecule has 2 rings (SSSR count). The van der Waals surface area contributed by atoms with Crippen LogP contribution >= 0.6 is 0 Å². The Morgan fingerprint density at radius 2 is 1.71 bits per heavy atom. The third-order valence-electron chi connectivity index (χ3n) is 6.41. The first-order chi connectivity index (χ1) is 16.8. The summed E-state index contributed by atoms with van der Waals surface area (Å²) in [5, 5.41) is 11.4. The fourth-order valence-electron chi connectivity index (χ4n) is 4.30. The number of carbonyl (C=O) groups is 4. The van der Waals surface area contributed by atoms with E-state index in [4.69, 9.17) is 5.73 Å². The van der Waals surface area contributed by atoms with E-state index in [1.165, 1.54) is 7.11 Å². The molecule has 6 N–H and O–H groups in total. The molecule has 1 saturated carbocycles. The fraction of sp³-hybridized carbons (Fsp3) is 0.600. The molecule has 2 atom stereocenters. The monoisotopic (exact) mass is 489 g/mol. The van der Waals surface area contributed by atoms with Crippen LogP contribution in [0.3, 0.4) is 0 Å². The minimum atomic E-state index is -1.11. The van der Waals surface area contributed by atoms with Crippen LogP contribution in [0.25, 0.3) is 0 Å². The molecule has 0 aromatic heterocycles. The van der Waals surface area contributed by atoms with Crippen molar-refractivity contribution in [3.05, 3.63) is 35.9 Å². The van der Waals surface area contributed by atoms with Gasteiger partial charge in [0.05, 0.1) is 13.2 Å². The van der Waals surface area contributed by atoms with Crippen molar-refractivity contribution < 1.29 is 23.9 Å². The molecular weight excluding hydrogens is 450 g/mol. The highest BCUT2D eigenvalue weighted by molar-refractivity contribution is 5.96. The zero-order valence-corrected chi connectivity index (χ0v) is 20.7. The van der Waals surface area contributed by atoms with Gasteiger partial charge in [-0.2, -0.15) is 0 Å². The number of ether oxygens (including phenoxy) is 1. The predicted octanol–water partition coefficient (Wildman–Crippen LogP) is 0.149. The molecular formula is C25H39N5O5. The van der Waals surface area contributed by atoms with Crippen LogP contribution in [0, 0.1) is 0 Å². The number of esters is 1. The second-order valence-corrected chi connectivity index (χ2v) is 8.91. The van der Waals surface area contributed by atoms with E-state index >= 15 is 0 Å². The number of hydrogen-bond donors (Lipinski definition) is 5. The van der Waals surface area contributed by atoms with Gasteiger partial charge in [-0.05, 0) is 51.3 Å². The molecule has 1 aliphatic carbocycles. The minimum Gasteiger partial charge on any atom is -0.468 e. The molecule has 10 nitrogen and oxygen atoms in total. The number of rotatable bonds is 13. The van der Waals surface area contributed by atoms with Gasteiger partial charge in [-0.15, -0.1) is 0 Å². The van der Waals surface area contributed by atoms with Crippen LogP contribution in [0.4, 0.5) is 0 Å². The van der Waals surface area contributed by atoms with Crippen molar-refractivity contribution in [1.29, 1.82) is 0 Å². The number of hydrogen-bond acceptors (Lipinski definition) is 7. The van der Waals surface area contributed by atoms with Crippen LogP contribution in [-0.4, -0.2) is 68.6 Å². The highest BCUT2D eigenvalue weighted by Gasteiger charge is 2.43. The maximum atomic E-state index is 13.5. The first kappa shape index (κ1) is 28.3. The average Bonchev–Trinajstić information content (AvgIpc) is 2.88. The molecule has 1 aromatic rings. The molecule has 3 amide bonds. The Morgan fingerprint density at radius 1 is 1.03 bits per heavy atom. The van der Waals surface area contributed by atoms with E-state index in [2.05, 4.69) is 26.0 Å². The maximum Gasteiger partial charge on any atom is 0.325 e. The summed E-state index contributed by atoms with van der Waals surface area (Å²) >= 11 is 0. The fourth-order valence-corrected chi connectivity index (χ4v) is 4.30. The van der Waals surface area contributed by atoms with Crippen molar-refractivity contribution in [1.82, 2.24) is 21.3 Å². The van der Waals surface area contributed by atoms with Gasteiger partial charge in [0.15, 0.2) is 0 Å². The SMILES string of the molecule is CN[C@H](Cc1ccccc1)C(=O)NC1(C(=O)N[C@@H](CCCN)C(=O)NCC(=O)OC)CCCCC1. The average molecular weight is 490 g/mol. The highest BCUT2D eigenvalue weighted by Crippen LogP contribution is 2.29. The lowest BCUT2D eigenvalue weighted by Crippen LogP contribution is -2.64. The van der Waals surface area contributed by atoms with Gasteiger partial charge in [0.2, 0.25) is 17.7 Å². The van der Waals surface area contributed by atoms with Crippen molar-refractivity contribution in [2.45, 2.75) is 69.0 Å². The van der Waals surface area contributed by atoms with Gasteiger partial charge >= 0.3 is 5.97 Å². The summed E-state index contributed by atoms with van der Waals surface area (Å²) in [6.07, 6.45) is 4.83. The Kier molecular flexibility index (Phi) is 11.6. The summed E-state index contributed by atoms with van der Waals surface area (Å²) < 4.78 is 4.56. The number of benzene rings is 1. The Bertz CT molecular complexity index is 842. The van der Waals surface area contributed by atoms with Crippen LogP contribution in [0.15, 0.2) is 30.3 Å². The third-order valence-corrected chi connectivity index (χ3v) is 6.41. The number of methoxy groups -OCH3 is 1. The second kappa shape index (κ2) is 14.4. The second-order valence-electron chi connectivity index (χ2n) is 8.91. The Morgan fingerprint density at radius 3 is 2.31 bits per heavy atom. The van der Waals surface area contributed by atoms with Crippen LogP contribution in [0.5, 0.6) is 0 Å². The molecule has 0 spiro atoms. The smallest absolute Gasteiger partial charge is 0.325 e. The van der Waals surface area contributed by atoms with Crippen LogP contribution in [-0.2, 0) is 30.3 Å². The normalized spacial score (nSPS) is 16.4. The van der Waals surface area contributed by atoms with E-state index in [0.29, 0.717) is 38.6 Å². The Labute approximate surface area is 207 Å². The van der Waals surface area contributed by atoms with E-state index in [1.54, 1.807) is 7.05 Å². The van der Waals surface area contributed by atoms with Gasteiger partial charge in [0, 0.05) is 0 Å². The zero-order chi connectivity index (χ0) is 25.7. The summed E-state index contributed by atoms with van der Waals surface area (Å²) in [6.45, 7) is 0.0530. The van der Waals surface area contributed by atoms with E-state index in [-0.39, 0.29) is 12.5 Å². The molecule has 1 aromatic carbocycles. The van der Waals surface area contributed by atoms with Gasteiger partial charge in [-0.1, -0.05) is 49.6 Å². The van der Waals surface area contributed by atoms with E-state index in [1.807, 2.05) is 30.3 Å². The number of nitrogens with one attached hydrogen (secondary N) is 4. The summed E-state index contributed by atoms with van der Waals surface area (Å²) in [5.41, 5.74) is 5.52. The van der Waals surface area contributed by atoms with E-state index in [0.717, 1.165) is 24.8 Å². The largest absolute Gasteiger partial charge is 0.468 e. The Balaban J connectivity index is 2.14. The van der Waals surface area contributed by atoms with Crippen molar-refractivity contribution in [2.75, 3.05) is 27.2 Å². The molecule has 0 saturated heterocycles. The summed E-state index contributed by atoms with van der Waals surface area (Å²) in [5.74, 6) is -1.74. The lowest BCUT2D eigenvalue weighted by atomic mass is 9.80. The first-order valence-electron chi connectivity index (χ1n) is 12.2. The van der Waals surface area contributed by atoms with Gasteiger partial charge in [-0.25, -0.2) is 0 Å². The lowest BCUT2D eigenvalue weighted by Gasteiger charge is -2.38. The summed E-state index contributed by atoms with van der Waals surface area (Å²) in [4.78, 5) is 50.9. The number of likely N-dealkylation sites (N-methyl/N-ethyl adjacent to an activating group) is 1. The molecule has 0 radical (unpaired) electrons. The van der Waals surface area contributed by atoms with Crippen molar-refractivity contribution in [3.63, 3.8) is 0 Å². The summed E-state index contributed by atoms with van der Waals surface area (Å²) in [6, 6.07) is 8.27. The molecule has 35 heavy (non-hydrogen) atoms. The molecule has 194 valence electrons. The standard InChI is InChI=1S/C25H39N5O5/c1-27-20(16-18-10-5-3-6-11-18)23(33)30-25(13-7-4-8-14-25)24(34)29-19(12-9-15-26)22(32)28-17-21(31)35-2/h3,5-6,10-11,19-20,27H,4,7-9,12-17,26H2,1-2H3,(H,28,32)(H,29,34)(H,30,33)/t19-,20+/m0/s1. The molecule has 0 heterocycles. The van der Waals surface area contributed by atoms with E-state index < -0.39 is 35.4 Å². The highest BCUT2D eigenvalue weighted by atomic mass is 16.5. The third kappa shape index (κ3) is 8.63. The van der Waals surface area contributed by atoms with Gasteiger partial charge in [-0.3, -0.25) is 19.2 Å². The van der Waals surface area contributed by atoms with Gasteiger partial charge in [0.1, 0.15) is 18.1 Å². The topological polar surface area (TPSA) is 152 Å². The maximum absolute atomic E-state index is 13.5. The molecule has 0 bridgehead atoms. The van der Waals surface area contributed by atoms with Crippen molar-refractivity contribution in [3.8, 4) is 0 Å². The van der Waals surface area contributed by atoms with Crippen molar-refractivity contribution >= 4 is 23.7 Å². The minimum absolute atomic E-state index is 0.262. The van der Waals surface area contributed by atoms with Gasteiger partial charge < -0.3 is 31.7 Å². The number of nitrogens with two attached hydrogens (primary N) is 1. The molecule has 0 aliphatic heterocycles. The van der Waals surface area contributed by atoms with Crippen molar-refractivity contribution in [2.24, 2.45) is 5.73 Å². The predicted molar refractivity (Wildman–Crippen MR) is 132 cm³/mol. The van der Waals surface area contributed by atoms with E-state index in [9.17, 15) is 19.2 Å². The molecule has 1 fully saturated rings. The lowest BCUT2D eigenvalue weighted by molar-refractivity contribution is -0.142. The van der Waals surface area contributed by atoms with Crippen LogP contribution in [0.1, 0.15) is 50.5 Å². The quantitative estimate of drug-likeness (QED) is 0.247. The number of amides is 3.